The summed E-state index contributed by atoms with van der Waals surface area (Å²) in [5.41, 5.74) is 20.9. The molecule has 0 spiro atoms. The van der Waals surface area contributed by atoms with Crippen LogP contribution in [0.1, 0.15) is 12.8 Å². The van der Waals surface area contributed by atoms with Crippen molar-refractivity contribution in [2.24, 2.45) is 11.8 Å². The second kappa shape index (κ2) is 9.78. The van der Waals surface area contributed by atoms with E-state index in [0.717, 1.165) is 24.0 Å². The van der Waals surface area contributed by atoms with Gasteiger partial charge in [0.2, 0.25) is 0 Å². The van der Waals surface area contributed by atoms with Gasteiger partial charge in [-0.1, -0.05) is 48.6 Å². The molecule has 2 rings (SSSR count). The molecule has 0 heterocycles. The van der Waals surface area contributed by atoms with E-state index in [-0.39, 0.29) is 31.4 Å². The van der Waals surface area contributed by atoms with Crippen LogP contribution in [0.5, 0.6) is 0 Å². The molecule has 2 atom stereocenters. The van der Waals surface area contributed by atoms with Gasteiger partial charge in [0.25, 0.3) is 10.7 Å². The minimum atomic E-state index is -0.158. The first-order valence-electron chi connectivity index (χ1n) is 7.83. The Balaban J connectivity index is 1.97. The summed E-state index contributed by atoms with van der Waals surface area (Å²) in [6.07, 6.45) is 17.1. The Kier molecular flexibility index (Phi) is 7.41. The average Bonchev–Trinajstić information content (AvgIpc) is 3.34. The van der Waals surface area contributed by atoms with E-state index in [1.54, 1.807) is 12.2 Å². The lowest BCUT2D eigenvalue weighted by atomic mass is 9.99. The first-order valence-corrected chi connectivity index (χ1v) is 9.64. The number of nitrogens with zero attached hydrogens (tertiary/aromatic N) is 4. The van der Waals surface area contributed by atoms with E-state index in [1.165, 1.54) is 0 Å². The lowest BCUT2D eigenvalue weighted by Crippen LogP contribution is -2.30. The third kappa shape index (κ3) is 4.79. The fraction of sp³-hybridized carbons (Fsp3) is 0.222. The lowest BCUT2D eigenvalue weighted by Gasteiger charge is -2.10. The molecule has 124 valence electrons. The zero-order valence-corrected chi connectivity index (χ0v) is 15.8. The highest BCUT2D eigenvalue weighted by atomic mass is 28.3. The predicted octanol–water partition coefficient (Wildman–Crippen LogP) is 2.88. The van der Waals surface area contributed by atoms with E-state index in [0.29, 0.717) is 10.7 Å². The summed E-state index contributed by atoms with van der Waals surface area (Å²) in [7, 11) is -0.303. The molecule has 0 saturated carbocycles. The van der Waals surface area contributed by atoms with Gasteiger partial charge in [-0.2, -0.15) is 9.58 Å². The summed E-state index contributed by atoms with van der Waals surface area (Å²) in [5.74, 6) is -0.316. The van der Waals surface area contributed by atoms with Gasteiger partial charge >= 0.3 is 19.5 Å². The standard InChI is InChI=1S/C18H18N4OSi2/c1-3-15(13-9-5-6-10-13)17(21-19)24-23-25-18(22-20)16(4-2)14-11-7-8-12-14/h3-9,11,15-16H,1-2,10,12H2. The van der Waals surface area contributed by atoms with Gasteiger partial charge in [0, 0.05) is 0 Å². The van der Waals surface area contributed by atoms with Gasteiger partial charge in [-0.25, -0.2) is 0 Å². The molecule has 0 saturated heterocycles. The summed E-state index contributed by atoms with van der Waals surface area (Å²) < 4.78 is 5.71. The van der Waals surface area contributed by atoms with Crippen LogP contribution in [0.3, 0.4) is 0 Å². The first kappa shape index (κ1) is 18.9. The molecule has 0 aromatic rings. The van der Waals surface area contributed by atoms with E-state index >= 15 is 0 Å². The van der Waals surface area contributed by atoms with Gasteiger partial charge in [0.15, 0.2) is 0 Å². The van der Waals surface area contributed by atoms with Gasteiger partial charge in [-0.05, 0) is 24.0 Å². The Labute approximate surface area is 152 Å². The Morgan fingerprint density at radius 3 is 1.68 bits per heavy atom. The molecule has 5 nitrogen and oxygen atoms in total. The van der Waals surface area contributed by atoms with Gasteiger partial charge in [-0.15, -0.1) is 13.2 Å². The Bertz CT molecular complexity index is 702. The molecule has 4 radical (unpaired) electrons. The normalized spacial score (nSPS) is 17.1. The van der Waals surface area contributed by atoms with Crippen molar-refractivity contribution in [1.29, 1.82) is 0 Å². The predicted molar refractivity (Wildman–Crippen MR) is 101 cm³/mol. The first-order chi connectivity index (χ1) is 12.2. The molecule has 0 aromatic carbocycles. The van der Waals surface area contributed by atoms with E-state index in [9.17, 15) is 11.1 Å². The second-order valence-electron chi connectivity index (χ2n) is 5.45. The minimum absolute atomic E-state index is 0.151. The molecule has 0 amide bonds. The second-order valence-corrected chi connectivity index (χ2v) is 7.70. The largest absolute Gasteiger partial charge is 0.440 e. The van der Waals surface area contributed by atoms with E-state index in [4.69, 9.17) is 4.12 Å². The molecule has 0 aliphatic heterocycles. The zero-order chi connectivity index (χ0) is 18.1. The molecule has 25 heavy (non-hydrogen) atoms. The molecule has 0 bridgehead atoms. The van der Waals surface area contributed by atoms with Crippen molar-refractivity contribution in [1.82, 2.24) is 0 Å². The van der Waals surface area contributed by atoms with E-state index < -0.39 is 0 Å². The number of rotatable bonds is 10. The summed E-state index contributed by atoms with van der Waals surface area (Å²) in [6, 6.07) is 0. The van der Waals surface area contributed by atoms with Crippen molar-refractivity contribution in [2.75, 3.05) is 0 Å². The van der Waals surface area contributed by atoms with Crippen molar-refractivity contribution in [3.8, 4) is 0 Å². The Hall–Kier alpha value is -2.41. The highest BCUT2D eigenvalue weighted by Gasteiger charge is 2.30. The summed E-state index contributed by atoms with van der Waals surface area (Å²) in [5, 5.41) is 1.01. The van der Waals surface area contributed by atoms with Crippen LogP contribution in [-0.2, 0) is 4.12 Å². The van der Waals surface area contributed by atoms with Crippen LogP contribution in [0.15, 0.2) is 72.9 Å². The van der Waals surface area contributed by atoms with Crippen LogP contribution in [0.25, 0.3) is 11.1 Å². The van der Waals surface area contributed by atoms with Crippen molar-refractivity contribution < 1.29 is 13.7 Å². The number of allylic oxidation sites excluding steroid dienone is 10. The molecular weight excluding hydrogens is 344 g/mol. The van der Waals surface area contributed by atoms with Crippen LogP contribution in [0.2, 0.25) is 0 Å². The van der Waals surface area contributed by atoms with Crippen molar-refractivity contribution in [2.45, 2.75) is 12.8 Å². The van der Waals surface area contributed by atoms with Crippen LogP contribution in [-0.4, -0.2) is 39.8 Å². The molecule has 2 aliphatic carbocycles. The smallest absolute Gasteiger partial charge is 0.367 e. The van der Waals surface area contributed by atoms with Crippen LogP contribution in [0.4, 0.5) is 0 Å². The van der Waals surface area contributed by atoms with Gasteiger partial charge < -0.3 is 15.2 Å². The summed E-state index contributed by atoms with van der Waals surface area (Å²) in [6.45, 7) is 7.65. The van der Waals surface area contributed by atoms with Crippen molar-refractivity contribution in [3.05, 3.63) is 84.0 Å². The third-order valence-electron chi connectivity index (χ3n) is 3.99. The maximum Gasteiger partial charge on any atom is 0.367 e. The molecule has 0 aromatic heterocycles. The monoisotopic (exact) mass is 362 g/mol. The van der Waals surface area contributed by atoms with E-state index in [2.05, 4.69) is 22.7 Å². The van der Waals surface area contributed by atoms with Crippen LogP contribution >= 0.6 is 0 Å². The molecule has 7 heteroatoms. The Morgan fingerprint density at radius 1 is 0.960 bits per heavy atom. The molecular formula is C18H18N4OSi2. The fourth-order valence-corrected chi connectivity index (χ4v) is 4.67. The maximum atomic E-state index is 9.35. The fourth-order valence-electron chi connectivity index (χ4n) is 2.69. The molecule has 2 aliphatic rings. The zero-order valence-electron chi connectivity index (χ0n) is 13.8. The van der Waals surface area contributed by atoms with Crippen LogP contribution in [0, 0.1) is 11.8 Å². The van der Waals surface area contributed by atoms with Crippen molar-refractivity contribution >= 4 is 30.2 Å². The van der Waals surface area contributed by atoms with Gasteiger partial charge in [0.05, 0.1) is 11.8 Å². The van der Waals surface area contributed by atoms with E-state index in [1.807, 2.05) is 36.5 Å². The highest BCUT2D eigenvalue weighted by Crippen LogP contribution is 2.23. The number of hydrogen-bond acceptors (Lipinski definition) is 1. The topological polar surface area (TPSA) is 82.0 Å². The van der Waals surface area contributed by atoms with Crippen LogP contribution < -0.4 is 0 Å². The maximum absolute atomic E-state index is 9.35. The van der Waals surface area contributed by atoms with Crippen molar-refractivity contribution in [3.63, 3.8) is 0 Å². The quantitative estimate of drug-likeness (QED) is 0.193. The summed E-state index contributed by atoms with van der Waals surface area (Å²) in [4.78, 5) is 6.79. The third-order valence-corrected chi connectivity index (χ3v) is 6.04. The molecule has 0 N–H and O–H groups in total. The Morgan fingerprint density at radius 2 is 1.40 bits per heavy atom. The number of hydrogen-bond donors (Lipinski definition) is 0. The molecule has 2 unspecified atom stereocenters. The van der Waals surface area contributed by atoms with Gasteiger partial charge in [-0.3, -0.25) is 0 Å². The highest BCUT2D eigenvalue weighted by molar-refractivity contribution is 6.80. The SMILES string of the molecule is C=CC(C1=CC=CC1)C(=[N+]=[N-])[Si]O[Si]C(=[N+]=[N-])C(C=C)C1=CC=CC1. The average molecular weight is 363 g/mol. The minimum Gasteiger partial charge on any atom is -0.440 e. The lowest BCUT2D eigenvalue weighted by molar-refractivity contribution is -0.00645. The summed E-state index contributed by atoms with van der Waals surface area (Å²) >= 11 is 0. The molecule has 0 fully saturated rings. The van der Waals surface area contributed by atoms with Gasteiger partial charge in [0.1, 0.15) is 0 Å².